The molecule has 5 nitrogen and oxygen atoms in total. The molecule has 1 amide bonds. The molecule has 0 saturated heterocycles. The first-order valence-corrected chi connectivity index (χ1v) is 6.05. The first-order valence-electron chi connectivity index (χ1n) is 4.40. The van der Waals surface area contributed by atoms with Gasteiger partial charge in [0.1, 0.15) is 0 Å². The van der Waals surface area contributed by atoms with E-state index >= 15 is 0 Å². The van der Waals surface area contributed by atoms with Crippen molar-refractivity contribution < 1.29 is 13.2 Å². The van der Waals surface area contributed by atoms with E-state index in [0.717, 1.165) is 0 Å². The maximum absolute atomic E-state index is 11.3. The molecule has 0 heterocycles. The molecule has 0 aromatic carbocycles. The Labute approximate surface area is 85.1 Å². The number of sulfonamides is 1. The highest BCUT2D eigenvalue weighted by Gasteiger charge is 2.29. The van der Waals surface area contributed by atoms with Gasteiger partial charge in [0, 0.05) is 0 Å². The molecule has 1 atom stereocenters. The quantitative estimate of drug-likeness (QED) is 0.693. The molecule has 3 N–H and O–H groups in total. The van der Waals surface area contributed by atoms with Crippen LogP contribution in [0.1, 0.15) is 27.7 Å². The van der Waals surface area contributed by atoms with E-state index < -0.39 is 27.4 Å². The Morgan fingerprint density at radius 3 is 2.14 bits per heavy atom. The van der Waals surface area contributed by atoms with Crippen LogP contribution in [0, 0.1) is 5.41 Å². The summed E-state index contributed by atoms with van der Waals surface area (Å²) >= 11 is 0. The van der Waals surface area contributed by atoms with Crippen LogP contribution in [0.4, 0.5) is 0 Å². The Morgan fingerprint density at radius 1 is 1.43 bits per heavy atom. The molecule has 84 valence electrons. The van der Waals surface area contributed by atoms with Gasteiger partial charge in [0.2, 0.25) is 10.0 Å². The van der Waals surface area contributed by atoms with Crippen LogP contribution in [0.3, 0.4) is 0 Å². The first kappa shape index (κ1) is 13.4. The summed E-state index contributed by atoms with van der Waals surface area (Å²) in [4.78, 5) is 11.3. The minimum absolute atomic E-state index is 0.129. The lowest BCUT2D eigenvalue weighted by molar-refractivity contribution is -0.122. The molecular weight excluding hydrogens is 204 g/mol. The average molecular weight is 222 g/mol. The van der Waals surface area contributed by atoms with E-state index in [2.05, 4.69) is 0 Å². The SMILES string of the molecule is CCS(=O)(=O)NC(=O)C(N)C(C)(C)C. The molecule has 0 aliphatic carbocycles. The Hall–Kier alpha value is -0.620. The van der Waals surface area contributed by atoms with Crippen molar-refractivity contribution in [2.45, 2.75) is 33.7 Å². The van der Waals surface area contributed by atoms with Crippen molar-refractivity contribution in [2.24, 2.45) is 11.1 Å². The van der Waals surface area contributed by atoms with E-state index in [0.29, 0.717) is 0 Å². The van der Waals surface area contributed by atoms with Gasteiger partial charge in [-0.3, -0.25) is 9.52 Å². The lowest BCUT2D eigenvalue weighted by Gasteiger charge is -2.25. The molecule has 0 bridgehead atoms. The normalized spacial score (nSPS) is 14.9. The van der Waals surface area contributed by atoms with Gasteiger partial charge < -0.3 is 5.73 Å². The molecule has 0 aliphatic heterocycles. The number of carbonyl (C=O) groups is 1. The number of rotatable bonds is 3. The third-order valence-electron chi connectivity index (χ3n) is 1.85. The van der Waals surface area contributed by atoms with Gasteiger partial charge in [-0.05, 0) is 12.3 Å². The molecule has 14 heavy (non-hydrogen) atoms. The summed E-state index contributed by atoms with van der Waals surface area (Å²) in [6.45, 7) is 6.78. The maximum atomic E-state index is 11.3. The topological polar surface area (TPSA) is 89.3 Å². The van der Waals surface area contributed by atoms with Crippen LogP contribution in [0.5, 0.6) is 0 Å². The molecule has 0 fully saturated rings. The van der Waals surface area contributed by atoms with E-state index in [-0.39, 0.29) is 5.75 Å². The van der Waals surface area contributed by atoms with Crippen molar-refractivity contribution in [3.8, 4) is 0 Å². The third kappa shape index (κ3) is 4.06. The van der Waals surface area contributed by atoms with Crippen molar-refractivity contribution in [3.05, 3.63) is 0 Å². The Kier molecular flexibility index (Phi) is 4.08. The first-order chi connectivity index (χ1) is 6.10. The van der Waals surface area contributed by atoms with Crippen molar-refractivity contribution in [3.63, 3.8) is 0 Å². The minimum atomic E-state index is -3.50. The summed E-state index contributed by atoms with van der Waals surface area (Å²) in [5.74, 6) is -0.783. The average Bonchev–Trinajstić information content (AvgIpc) is 2.00. The molecule has 0 saturated carbocycles. The van der Waals surface area contributed by atoms with Crippen LogP contribution < -0.4 is 10.5 Å². The fourth-order valence-corrected chi connectivity index (χ4v) is 1.26. The van der Waals surface area contributed by atoms with Crippen molar-refractivity contribution in [1.29, 1.82) is 0 Å². The summed E-state index contributed by atoms with van der Waals surface area (Å²) < 4.78 is 24.0. The highest BCUT2D eigenvalue weighted by Crippen LogP contribution is 2.17. The number of nitrogens with one attached hydrogen (secondary N) is 1. The largest absolute Gasteiger partial charge is 0.319 e. The molecule has 6 heteroatoms. The molecule has 0 aliphatic rings. The van der Waals surface area contributed by atoms with Gasteiger partial charge in [-0.2, -0.15) is 0 Å². The molecule has 1 unspecified atom stereocenters. The highest BCUT2D eigenvalue weighted by atomic mass is 32.2. The van der Waals surface area contributed by atoms with E-state index in [1.807, 2.05) is 4.72 Å². The smallest absolute Gasteiger partial charge is 0.250 e. The van der Waals surface area contributed by atoms with Gasteiger partial charge in [0.05, 0.1) is 11.8 Å². The second-order valence-corrected chi connectivity index (χ2v) is 6.22. The molecular formula is C8H18N2O3S. The van der Waals surface area contributed by atoms with E-state index in [9.17, 15) is 13.2 Å². The van der Waals surface area contributed by atoms with Crippen molar-refractivity contribution in [1.82, 2.24) is 4.72 Å². The van der Waals surface area contributed by atoms with Crippen LogP contribution in [0.25, 0.3) is 0 Å². The predicted octanol–water partition coefficient (Wildman–Crippen LogP) is -0.174. The lowest BCUT2D eigenvalue weighted by atomic mass is 9.87. The zero-order valence-electron chi connectivity index (χ0n) is 8.99. The second-order valence-electron chi connectivity index (χ2n) is 4.21. The fourth-order valence-electron chi connectivity index (χ4n) is 0.682. The Morgan fingerprint density at radius 2 is 1.86 bits per heavy atom. The van der Waals surface area contributed by atoms with Crippen LogP contribution >= 0.6 is 0 Å². The summed E-state index contributed by atoms with van der Waals surface area (Å²) in [5.41, 5.74) is 5.13. The van der Waals surface area contributed by atoms with E-state index in [1.165, 1.54) is 6.92 Å². The monoisotopic (exact) mass is 222 g/mol. The Balaban J connectivity index is 4.53. The molecule has 0 rings (SSSR count). The van der Waals surface area contributed by atoms with Gasteiger partial charge in [-0.25, -0.2) is 8.42 Å². The zero-order valence-corrected chi connectivity index (χ0v) is 9.81. The van der Waals surface area contributed by atoms with Gasteiger partial charge in [0.25, 0.3) is 5.91 Å². The molecule has 0 aromatic rings. The van der Waals surface area contributed by atoms with Crippen LogP contribution in [0.15, 0.2) is 0 Å². The third-order valence-corrected chi connectivity index (χ3v) is 3.12. The van der Waals surface area contributed by atoms with Crippen LogP contribution in [0.2, 0.25) is 0 Å². The summed E-state index contributed by atoms with van der Waals surface area (Å²) in [6, 6.07) is -0.830. The van der Waals surface area contributed by atoms with E-state index in [1.54, 1.807) is 20.8 Å². The number of hydrogen-bond donors (Lipinski definition) is 2. The van der Waals surface area contributed by atoms with Gasteiger partial charge in [-0.15, -0.1) is 0 Å². The molecule has 0 radical (unpaired) electrons. The number of hydrogen-bond acceptors (Lipinski definition) is 4. The fraction of sp³-hybridized carbons (Fsp3) is 0.875. The lowest BCUT2D eigenvalue weighted by Crippen LogP contribution is -2.50. The predicted molar refractivity (Wildman–Crippen MR) is 55.0 cm³/mol. The van der Waals surface area contributed by atoms with Gasteiger partial charge >= 0.3 is 0 Å². The second kappa shape index (κ2) is 4.27. The standard InChI is InChI=1S/C8H18N2O3S/c1-5-14(12,13)10-7(11)6(9)8(2,3)4/h6H,5,9H2,1-4H3,(H,10,11). The Bertz CT molecular complexity index is 303. The van der Waals surface area contributed by atoms with Gasteiger partial charge in [0.15, 0.2) is 0 Å². The van der Waals surface area contributed by atoms with Crippen LogP contribution in [-0.2, 0) is 14.8 Å². The zero-order chi connectivity index (χ0) is 11.6. The number of carbonyl (C=O) groups excluding carboxylic acids is 1. The number of amides is 1. The van der Waals surface area contributed by atoms with Crippen molar-refractivity contribution in [2.75, 3.05) is 5.75 Å². The maximum Gasteiger partial charge on any atom is 0.250 e. The highest BCUT2D eigenvalue weighted by molar-refractivity contribution is 7.90. The van der Waals surface area contributed by atoms with E-state index in [4.69, 9.17) is 5.73 Å². The van der Waals surface area contributed by atoms with Crippen LogP contribution in [-0.4, -0.2) is 26.1 Å². The summed E-state index contributed by atoms with van der Waals surface area (Å²) in [6.07, 6.45) is 0. The molecule has 0 spiro atoms. The minimum Gasteiger partial charge on any atom is -0.319 e. The summed E-state index contributed by atoms with van der Waals surface area (Å²) in [5, 5.41) is 0. The van der Waals surface area contributed by atoms with Gasteiger partial charge in [-0.1, -0.05) is 20.8 Å². The number of nitrogens with two attached hydrogens (primary N) is 1. The summed E-state index contributed by atoms with van der Waals surface area (Å²) in [7, 11) is -3.50. The molecule has 0 aromatic heterocycles. The van der Waals surface area contributed by atoms with Crippen molar-refractivity contribution >= 4 is 15.9 Å².